The predicted molar refractivity (Wildman–Crippen MR) is 57.9 cm³/mol. The Morgan fingerprint density at radius 3 is 2.47 bits per heavy atom. The van der Waals surface area contributed by atoms with Crippen molar-refractivity contribution in [3.8, 4) is 0 Å². The summed E-state index contributed by atoms with van der Waals surface area (Å²) in [5.41, 5.74) is 1.57. The van der Waals surface area contributed by atoms with Crippen LogP contribution in [0.15, 0.2) is 24.3 Å². The molecule has 1 aromatic carbocycles. The van der Waals surface area contributed by atoms with Gasteiger partial charge in [0.25, 0.3) is 0 Å². The molecule has 0 heterocycles. The van der Waals surface area contributed by atoms with Crippen molar-refractivity contribution in [1.82, 2.24) is 0 Å². The Hall–Kier alpha value is -1.35. The van der Waals surface area contributed by atoms with Crippen LogP contribution >= 0.6 is 0 Å². The maximum absolute atomic E-state index is 11.3. The molecular formula is C12H16O3. The summed E-state index contributed by atoms with van der Waals surface area (Å²) in [5, 5.41) is 8.96. The van der Waals surface area contributed by atoms with Crippen molar-refractivity contribution in [2.24, 2.45) is 0 Å². The average molecular weight is 208 g/mol. The second-order valence-electron chi connectivity index (χ2n) is 3.43. The molecule has 0 fully saturated rings. The van der Waals surface area contributed by atoms with Crippen LogP contribution in [0.1, 0.15) is 35.7 Å². The van der Waals surface area contributed by atoms with Gasteiger partial charge in [-0.05, 0) is 24.6 Å². The molecule has 0 saturated carbocycles. The van der Waals surface area contributed by atoms with Gasteiger partial charge in [0.1, 0.15) is 0 Å². The largest absolute Gasteiger partial charge is 0.462 e. The van der Waals surface area contributed by atoms with E-state index in [0.29, 0.717) is 12.2 Å². The molecule has 0 aliphatic heterocycles. The Labute approximate surface area is 89.7 Å². The van der Waals surface area contributed by atoms with Gasteiger partial charge in [-0.25, -0.2) is 4.79 Å². The number of benzene rings is 1. The van der Waals surface area contributed by atoms with Gasteiger partial charge in [0, 0.05) is 12.5 Å². The van der Waals surface area contributed by atoms with Crippen molar-refractivity contribution in [1.29, 1.82) is 0 Å². The summed E-state index contributed by atoms with van der Waals surface area (Å²) in [7, 11) is 0. The van der Waals surface area contributed by atoms with Crippen molar-refractivity contribution < 1.29 is 14.6 Å². The average Bonchev–Trinajstić information content (AvgIpc) is 2.28. The molecular weight excluding hydrogens is 192 g/mol. The van der Waals surface area contributed by atoms with E-state index in [2.05, 4.69) is 0 Å². The molecule has 1 rings (SSSR count). The second-order valence-corrected chi connectivity index (χ2v) is 3.43. The minimum absolute atomic E-state index is 0.0984. The van der Waals surface area contributed by atoms with Crippen LogP contribution in [-0.4, -0.2) is 24.3 Å². The van der Waals surface area contributed by atoms with Gasteiger partial charge < -0.3 is 9.84 Å². The zero-order valence-corrected chi connectivity index (χ0v) is 9.06. The molecule has 0 bridgehead atoms. The summed E-state index contributed by atoms with van der Waals surface area (Å²) in [5.74, 6) is -0.207. The zero-order chi connectivity index (χ0) is 11.3. The summed E-state index contributed by atoms with van der Waals surface area (Å²) >= 11 is 0. The zero-order valence-electron chi connectivity index (χ0n) is 9.06. The molecule has 0 spiro atoms. The monoisotopic (exact) mass is 208 g/mol. The number of rotatable bonds is 4. The van der Waals surface area contributed by atoms with E-state index in [4.69, 9.17) is 9.84 Å². The molecule has 1 N–H and O–H groups in total. The highest BCUT2D eigenvalue weighted by atomic mass is 16.5. The highest BCUT2D eigenvalue weighted by Crippen LogP contribution is 2.15. The molecule has 0 aliphatic carbocycles. The SMILES string of the molecule is CCOC(=O)c1ccc(C(C)CO)cc1. The van der Waals surface area contributed by atoms with E-state index in [9.17, 15) is 4.79 Å². The summed E-state index contributed by atoms with van der Waals surface area (Å²) in [4.78, 5) is 11.3. The fraction of sp³-hybridized carbons (Fsp3) is 0.417. The quantitative estimate of drug-likeness (QED) is 0.769. The third-order valence-electron chi connectivity index (χ3n) is 2.26. The van der Waals surface area contributed by atoms with E-state index >= 15 is 0 Å². The normalized spacial score (nSPS) is 12.2. The third kappa shape index (κ3) is 3.06. The minimum atomic E-state index is -0.305. The lowest BCUT2D eigenvalue weighted by molar-refractivity contribution is 0.0526. The highest BCUT2D eigenvalue weighted by molar-refractivity contribution is 5.89. The molecule has 1 atom stereocenters. The van der Waals surface area contributed by atoms with Crippen molar-refractivity contribution in [3.05, 3.63) is 35.4 Å². The van der Waals surface area contributed by atoms with E-state index in [0.717, 1.165) is 5.56 Å². The number of esters is 1. The van der Waals surface area contributed by atoms with Crippen LogP contribution < -0.4 is 0 Å². The molecule has 1 aromatic rings. The van der Waals surface area contributed by atoms with Gasteiger partial charge in [-0.3, -0.25) is 0 Å². The van der Waals surface area contributed by atoms with Crippen molar-refractivity contribution >= 4 is 5.97 Å². The molecule has 0 saturated heterocycles. The third-order valence-corrected chi connectivity index (χ3v) is 2.26. The number of ether oxygens (including phenoxy) is 1. The van der Waals surface area contributed by atoms with Crippen molar-refractivity contribution in [2.45, 2.75) is 19.8 Å². The van der Waals surface area contributed by atoms with E-state index in [-0.39, 0.29) is 18.5 Å². The topological polar surface area (TPSA) is 46.5 Å². The second kappa shape index (κ2) is 5.51. The Balaban J connectivity index is 2.76. The lowest BCUT2D eigenvalue weighted by atomic mass is 10.0. The lowest BCUT2D eigenvalue weighted by Gasteiger charge is -2.08. The van der Waals surface area contributed by atoms with E-state index in [1.54, 1.807) is 19.1 Å². The first-order valence-corrected chi connectivity index (χ1v) is 5.07. The summed E-state index contributed by atoms with van der Waals surface area (Å²) < 4.78 is 4.87. The molecule has 3 heteroatoms. The Bertz CT molecular complexity index is 316. The summed E-state index contributed by atoms with van der Waals surface area (Å²) in [6, 6.07) is 7.12. The van der Waals surface area contributed by atoms with Crippen LogP contribution in [0, 0.1) is 0 Å². The van der Waals surface area contributed by atoms with Gasteiger partial charge in [-0.1, -0.05) is 19.1 Å². The number of carbonyl (C=O) groups is 1. The molecule has 15 heavy (non-hydrogen) atoms. The number of hydrogen-bond acceptors (Lipinski definition) is 3. The molecule has 0 aliphatic rings. The van der Waals surface area contributed by atoms with Gasteiger partial charge >= 0.3 is 5.97 Å². The predicted octanol–water partition coefficient (Wildman–Crippen LogP) is 1.96. The van der Waals surface area contributed by atoms with Gasteiger partial charge in [0.2, 0.25) is 0 Å². The maximum atomic E-state index is 11.3. The first-order valence-electron chi connectivity index (χ1n) is 5.07. The van der Waals surface area contributed by atoms with E-state index in [1.165, 1.54) is 0 Å². The number of aliphatic hydroxyl groups is 1. The fourth-order valence-electron chi connectivity index (χ4n) is 1.27. The molecule has 82 valence electrons. The standard InChI is InChI=1S/C12H16O3/c1-3-15-12(14)11-6-4-10(5-7-11)9(2)8-13/h4-7,9,13H,3,8H2,1-2H3. The molecule has 1 unspecified atom stereocenters. The van der Waals surface area contributed by atoms with E-state index in [1.807, 2.05) is 19.1 Å². The van der Waals surface area contributed by atoms with Gasteiger partial charge in [0.15, 0.2) is 0 Å². The van der Waals surface area contributed by atoms with Crippen LogP contribution in [0.25, 0.3) is 0 Å². The lowest BCUT2D eigenvalue weighted by Crippen LogP contribution is -2.05. The maximum Gasteiger partial charge on any atom is 0.338 e. The minimum Gasteiger partial charge on any atom is -0.462 e. The van der Waals surface area contributed by atoms with Crippen LogP contribution in [0.4, 0.5) is 0 Å². The Morgan fingerprint density at radius 1 is 1.40 bits per heavy atom. The Morgan fingerprint density at radius 2 is 2.00 bits per heavy atom. The summed E-state index contributed by atoms with van der Waals surface area (Å²) in [6.07, 6.45) is 0. The molecule has 3 nitrogen and oxygen atoms in total. The molecule has 0 amide bonds. The first-order chi connectivity index (χ1) is 7.19. The van der Waals surface area contributed by atoms with Crippen molar-refractivity contribution in [3.63, 3.8) is 0 Å². The van der Waals surface area contributed by atoms with Crippen LogP contribution in [0.3, 0.4) is 0 Å². The van der Waals surface area contributed by atoms with E-state index < -0.39 is 0 Å². The van der Waals surface area contributed by atoms with Gasteiger partial charge in [-0.15, -0.1) is 0 Å². The highest BCUT2D eigenvalue weighted by Gasteiger charge is 2.08. The van der Waals surface area contributed by atoms with Crippen LogP contribution in [-0.2, 0) is 4.74 Å². The number of carbonyl (C=O) groups excluding carboxylic acids is 1. The smallest absolute Gasteiger partial charge is 0.338 e. The van der Waals surface area contributed by atoms with Crippen LogP contribution in [0.5, 0.6) is 0 Å². The molecule has 0 radical (unpaired) electrons. The molecule has 0 aromatic heterocycles. The van der Waals surface area contributed by atoms with Crippen LogP contribution in [0.2, 0.25) is 0 Å². The fourth-order valence-corrected chi connectivity index (χ4v) is 1.27. The Kier molecular flexibility index (Phi) is 4.31. The first kappa shape index (κ1) is 11.7. The van der Waals surface area contributed by atoms with Gasteiger partial charge in [0.05, 0.1) is 12.2 Å². The summed E-state index contributed by atoms with van der Waals surface area (Å²) in [6.45, 7) is 4.20. The van der Waals surface area contributed by atoms with Gasteiger partial charge in [-0.2, -0.15) is 0 Å². The number of aliphatic hydroxyl groups excluding tert-OH is 1. The van der Waals surface area contributed by atoms with Crippen molar-refractivity contribution in [2.75, 3.05) is 13.2 Å². The number of hydrogen-bond donors (Lipinski definition) is 1.